The Kier molecular flexibility index (Phi) is 4.28. The molecule has 0 aliphatic rings. The summed E-state index contributed by atoms with van der Waals surface area (Å²) >= 11 is 11.8. The van der Waals surface area contributed by atoms with E-state index in [9.17, 15) is 4.79 Å². The van der Waals surface area contributed by atoms with Crippen molar-refractivity contribution < 1.29 is 4.79 Å². The summed E-state index contributed by atoms with van der Waals surface area (Å²) in [5.41, 5.74) is 1.50. The van der Waals surface area contributed by atoms with Crippen molar-refractivity contribution >= 4 is 45.8 Å². The van der Waals surface area contributed by atoms with Crippen LogP contribution in [0, 0.1) is 0 Å². The second-order valence-electron chi connectivity index (χ2n) is 4.93. The fourth-order valence-corrected chi connectivity index (χ4v) is 2.53. The van der Waals surface area contributed by atoms with Crippen LogP contribution in [-0.4, -0.2) is 5.78 Å². The Hall–Kier alpha value is -2.09. The van der Waals surface area contributed by atoms with Gasteiger partial charge in [-0.05, 0) is 40.6 Å². The number of carbonyl (C=O) groups excluding carboxylic acids is 1. The van der Waals surface area contributed by atoms with Gasteiger partial charge in [0, 0.05) is 5.56 Å². The molecule has 0 aliphatic heterocycles. The van der Waals surface area contributed by atoms with Crippen LogP contribution in [-0.2, 0) is 0 Å². The van der Waals surface area contributed by atoms with Crippen molar-refractivity contribution in [3.63, 3.8) is 0 Å². The van der Waals surface area contributed by atoms with E-state index in [-0.39, 0.29) is 5.78 Å². The van der Waals surface area contributed by atoms with Crippen LogP contribution in [0.15, 0.2) is 66.7 Å². The Morgan fingerprint density at radius 1 is 0.818 bits per heavy atom. The quantitative estimate of drug-likeness (QED) is 0.423. The molecule has 3 heteroatoms. The van der Waals surface area contributed by atoms with Crippen molar-refractivity contribution in [3.8, 4) is 0 Å². The summed E-state index contributed by atoms with van der Waals surface area (Å²) in [6, 6.07) is 18.9. The third-order valence-electron chi connectivity index (χ3n) is 3.40. The summed E-state index contributed by atoms with van der Waals surface area (Å²) in [5.74, 6) is -0.0446. The predicted octanol–water partition coefficient (Wildman–Crippen LogP) is 6.04. The molecule has 0 N–H and O–H groups in total. The van der Waals surface area contributed by atoms with Gasteiger partial charge in [-0.15, -0.1) is 0 Å². The molecule has 108 valence electrons. The van der Waals surface area contributed by atoms with Gasteiger partial charge in [0.05, 0.1) is 10.0 Å². The average molecular weight is 327 g/mol. The zero-order chi connectivity index (χ0) is 15.5. The minimum atomic E-state index is -0.0446. The lowest BCUT2D eigenvalue weighted by atomic mass is 10.0. The third-order valence-corrected chi connectivity index (χ3v) is 4.14. The molecule has 0 bridgehead atoms. The highest BCUT2D eigenvalue weighted by Crippen LogP contribution is 2.23. The number of fused-ring (bicyclic) bond motifs is 1. The molecule has 0 heterocycles. The zero-order valence-electron chi connectivity index (χ0n) is 11.6. The molecule has 0 unspecified atom stereocenters. The largest absolute Gasteiger partial charge is 0.289 e. The van der Waals surface area contributed by atoms with E-state index in [0.29, 0.717) is 15.6 Å². The topological polar surface area (TPSA) is 17.1 Å². The summed E-state index contributed by atoms with van der Waals surface area (Å²) < 4.78 is 0. The Morgan fingerprint density at radius 3 is 2.36 bits per heavy atom. The van der Waals surface area contributed by atoms with E-state index < -0.39 is 0 Å². The van der Waals surface area contributed by atoms with Crippen molar-refractivity contribution in [1.29, 1.82) is 0 Å². The van der Waals surface area contributed by atoms with Crippen LogP contribution in [0.25, 0.3) is 16.8 Å². The number of benzene rings is 3. The highest BCUT2D eigenvalue weighted by Gasteiger charge is 2.03. The van der Waals surface area contributed by atoms with E-state index in [0.717, 1.165) is 16.3 Å². The molecule has 0 saturated carbocycles. The SMILES string of the molecule is O=C(/C=C\c1ccc(Cl)c(Cl)c1)c1ccc2ccccc2c1. The number of hydrogen-bond donors (Lipinski definition) is 0. The number of hydrogen-bond acceptors (Lipinski definition) is 1. The molecule has 0 spiro atoms. The summed E-state index contributed by atoms with van der Waals surface area (Å²) in [6.45, 7) is 0. The predicted molar refractivity (Wildman–Crippen MR) is 93.8 cm³/mol. The Bertz CT molecular complexity index is 881. The molecular weight excluding hydrogens is 315 g/mol. The number of carbonyl (C=O) groups is 1. The summed E-state index contributed by atoms with van der Waals surface area (Å²) in [6.07, 6.45) is 3.28. The van der Waals surface area contributed by atoms with E-state index in [4.69, 9.17) is 23.2 Å². The fraction of sp³-hybridized carbons (Fsp3) is 0. The van der Waals surface area contributed by atoms with Crippen LogP contribution in [0.3, 0.4) is 0 Å². The first-order valence-electron chi connectivity index (χ1n) is 6.80. The summed E-state index contributed by atoms with van der Waals surface area (Å²) in [4.78, 5) is 12.3. The van der Waals surface area contributed by atoms with Gasteiger partial charge in [-0.2, -0.15) is 0 Å². The van der Waals surface area contributed by atoms with Crippen LogP contribution in [0.4, 0.5) is 0 Å². The molecule has 3 aromatic carbocycles. The number of halogens is 2. The maximum Gasteiger partial charge on any atom is 0.185 e. The molecule has 1 nitrogen and oxygen atoms in total. The van der Waals surface area contributed by atoms with Crippen LogP contribution in [0.1, 0.15) is 15.9 Å². The minimum absolute atomic E-state index is 0.0446. The van der Waals surface area contributed by atoms with Gasteiger partial charge in [0.15, 0.2) is 5.78 Å². The van der Waals surface area contributed by atoms with Crippen LogP contribution in [0.2, 0.25) is 10.0 Å². The molecular formula is C19H12Cl2O. The monoisotopic (exact) mass is 326 g/mol. The maximum absolute atomic E-state index is 12.3. The Morgan fingerprint density at radius 2 is 1.59 bits per heavy atom. The van der Waals surface area contributed by atoms with Crippen LogP contribution >= 0.6 is 23.2 Å². The van der Waals surface area contributed by atoms with Gasteiger partial charge in [0.1, 0.15) is 0 Å². The fourth-order valence-electron chi connectivity index (χ4n) is 2.23. The van der Waals surface area contributed by atoms with Gasteiger partial charge >= 0.3 is 0 Å². The molecule has 0 radical (unpaired) electrons. The number of allylic oxidation sites excluding steroid dienone is 1. The molecule has 0 aromatic heterocycles. The maximum atomic E-state index is 12.3. The first-order valence-corrected chi connectivity index (χ1v) is 7.55. The van der Waals surface area contributed by atoms with E-state index >= 15 is 0 Å². The van der Waals surface area contributed by atoms with Crippen LogP contribution in [0.5, 0.6) is 0 Å². The van der Waals surface area contributed by atoms with E-state index in [1.165, 1.54) is 0 Å². The molecule has 0 saturated heterocycles. The molecule has 3 aromatic rings. The van der Waals surface area contributed by atoms with Crippen molar-refractivity contribution in [1.82, 2.24) is 0 Å². The second-order valence-corrected chi connectivity index (χ2v) is 5.75. The smallest absolute Gasteiger partial charge is 0.185 e. The van der Waals surface area contributed by atoms with Gasteiger partial charge in [-0.1, -0.05) is 71.7 Å². The van der Waals surface area contributed by atoms with E-state index in [1.54, 1.807) is 24.3 Å². The number of ketones is 1. The van der Waals surface area contributed by atoms with Gasteiger partial charge in [-0.25, -0.2) is 0 Å². The molecule has 0 amide bonds. The van der Waals surface area contributed by atoms with Gasteiger partial charge < -0.3 is 0 Å². The highest BCUT2D eigenvalue weighted by atomic mass is 35.5. The molecule has 0 atom stereocenters. The summed E-state index contributed by atoms with van der Waals surface area (Å²) in [7, 11) is 0. The lowest BCUT2D eigenvalue weighted by molar-refractivity contribution is 0.104. The second kappa shape index (κ2) is 6.35. The van der Waals surface area contributed by atoms with Gasteiger partial charge in [0.25, 0.3) is 0 Å². The van der Waals surface area contributed by atoms with Crippen molar-refractivity contribution in [2.24, 2.45) is 0 Å². The highest BCUT2D eigenvalue weighted by molar-refractivity contribution is 6.42. The standard InChI is InChI=1S/C19H12Cl2O/c20-17-9-5-13(11-18(17)21)6-10-19(22)16-8-7-14-3-1-2-4-15(14)12-16/h1-12H/b10-6-. The molecule has 0 fully saturated rings. The van der Waals surface area contributed by atoms with Gasteiger partial charge in [-0.3, -0.25) is 4.79 Å². The van der Waals surface area contributed by atoms with E-state index in [2.05, 4.69) is 0 Å². The van der Waals surface area contributed by atoms with E-state index in [1.807, 2.05) is 48.5 Å². The lowest BCUT2D eigenvalue weighted by Gasteiger charge is -2.01. The minimum Gasteiger partial charge on any atom is -0.289 e. The summed E-state index contributed by atoms with van der Waals surface area (Å²) in [5, 5.41) is 3.14. The number of rotatable bonds is 3. The first kappa shape index (κ1) is 14.8. The third kappa shape index (κ3) is 3.22. The lowest BCUT2D eigenvalue weighted by Crippen LogP contribution is -1.93. The Labute approximate surface area is 138 Å². The Balaban J connectivity index is 1.85. The molecule has 0 aliphatic carbocycles. The first-order chi connectivity index (χ1) is 10.6. The van der Waals surface area contributed by atoms with Crippen molar-refractivity contribution in [2.45, 2.75) is 0 Å². The zero-order valence-corrected chi connectivity index (χ0v) is 13.1. The molecule has 3 rings (SSSR count). The van der Waals surface area contributed by atoms with Crippen molar-refractivity contribution in [3.05, 3.63) is 87.9 Å². The van der Waals surface area contributed by atoms with Gasteiger partial charge in [0.2, 0.25) is 0 Å². The van der Waals surface area contributed by atoms with Crippen LogP contribution < -0.4 is 0 Å². The molecule has 22 heavy (non-hydrogen) atoms. The average Bonchev–Trinajstić information content (AvgIpc) is 2.55. The van der Waals surface area contributed by atoms with Crippen molar-refractivity contribution in [2.75, 3.05) is 0 Å². The normalized spacial score (nSPS) is 11.2.